The molecule has 4 aromatic rings. The van der Waals surface area contributed by atoms with E-state index in [9.17, 15) is 24.3 Å². The van der Waals surface area contributed by atoms with Crippen molar-refractivity contribution in [2.75, 3.05) is 27.3 Å². The van der Waals surface area contributed by atoms with E-state index in [4.69, 9.17) is 9.47 Å². The third-order valence-electron chi connectivity index (χ3n) is 11.6. The maximum atomic E-state index is 14.4. The molecule has 1 saturated heterocycles. The molecule has 17 heteroatoms. The second kappa shape index (κ2) is 22.7. The number of phenols is 1. The molecule has 0 unspecified atom stereocenters. The number of nitrogens with zero attached hydrogens (tertiary/aromatic N) is 4. The number of likely N-dealkylation sites (N-methyl/N-ethyl adjacent to an activating group) is 1. The van der Waals surface area contributed by atoms with Crippen molar-refractivity contribution in [3.63, 3.8) is 0 Å². The lowest BCUT2D eigenvalue weighted by Gasteiger charge is -2.36. The number of fused-ring (bicyclic) bond motifs is 6. The summed E-state index contributed by atoms with van der Waals surface area (Å²) in [7, 11) is 3.26. The van der Waals surface area contributed by atoms with E-state index in [2.05, 4.69) is 53.2 Å². The van der Waals surface area contributed by atoms with Gasteiger partial charge in [-0.2, -0.15) is 54.0 Å². The number of amides is 3. The zero-order chi connectivity index (χ0) is 42.1. The van der Waals surface area contributed by atoms with Gasteiger partial charge < -0.3 is 29.4 Å². The van der Waals surface area contributed by atoms with E-state index in [-0.39, 0.29) is 90.7 Å². The van der Waals surface area contributed by atoms with Crippen LogP contribution < -0.4 is 10.7 Å². The Morgan fingerprint density at radius 2 is 1.77 bits per heavy atom. The van der Waals surface area contributed by atoms with Gasteiger partial charge in [0.15, 0.2) is 0 Å². The van der Waals surface area contributed by atoms with E-state index < -0.39 is 41.3 Å². The minimum absolute atomic E-state index is 0. The van der Waals surface area contributed by atoms with Crippen LogP contribution in [0.1, 0.15) is 84.1 Å². The molecule has 4 atom stereocenters. The summed E-state index contributed by atoms with van der Waals surface area (Å²) in [6.07, 6.45) is 5.07. The fraction of sp³-hybridized carbons (Fsp3) is 0.489. The van der Waals surface area contributed by atoms with Crippen molar-refractivity contribution < 1.29 is 33.8 Å². The molecule has 6 rings (SSSR count). The number of benzene rings is 2. The summed E-state index contributed by atoms with van der Waals surface area (Å²) >= 11 is 0. The number of rotatable bonds is 8. The lowest BCUT2D eigenvalue weighted by Crippen LogP contribution is -2.62. The molecule has 0 radical (unpaired) electrons. The lowest BCUT2D eigenvalue weighted by molar-refractivity contribution is -0.155. The number of esters is 1. The number of hydrazine groups is 1. The number of cyclic esters (lactones) is 1. The van der Waals surface area contributed by atoms with E-state index in [0.29, 0.717) is 37.9 Å². The molecular formula is C45H66N6O7S4. The van der Waals surface area contributed by atoms with Gasteiger partial charge in [-0.05, 0) is 97.2 Å². The van der Waals surface area contributed by atoms with Crippen molar-refractivity contribution in [2.24, 2.45) is 11.3 Å². The molecule has 3 N–H and O–H groups in total. The summed E-state index contributed by atoms with van der Waals surface area (Å²) in [6, 6.07) is 10.8. The summed E-state index contributed by atoms with van der Waals surface area (Å²) in [5.41, 5.74) is 9.86. The Morgan fingerprint density at radius 3 is 2.42 bits per heavy atom. The molecule has 4 heterocycles. The Morgan fingerprint density at radius 1 is 1.06 bits per heavy atom. The molecule has 2 aromatic heterocycles. The zero-order valence-corrected chi connectivity index (χ0v) is 41.2. The van der Waals surface area contributed by atoms with Gasteiger partial charge in [-0.25, -0.2) is 5.43 Å². The van der Waals surface area contributed by atoms with Crippen molar-refractivity contribution in [2.45, 2.75) is 105 Å². The standard InChI is InChI=1S/C45H58N6O7.4H2S/c1-10-50-39-14-13-30-22-34(39)35(41(50)36-24-46-16-15-33(36)27(4)57-9)23-45(6,7)25-58-44(56)37-12-11-17-51(48-37)43(55)38(20-29-18-31(30)21-32(53)19-29)47-42(54)40(26(2)3)49(8)28(5)52;;;;/h13-16,18-19,21-22,24,26-27,37-38,40,48,53H,10-12,17,20,23,25H2,1-9H3,(H,47,54);4*1H2/t27-,37-,38-,40-;;;;/m0..../s1. The third kappa shape index (κ3) is 11.6. The molecule has 2 aliphatic heterocycles. The van der Waals surface area contributed by atoms with E-state index >= 15 is 0 Å². The van der Waals surface area contributed by atoms with E-state index in [1.807, 2.05) is 45.2 Å². The summed E-state index contributed by atoms with van der Waals surface area (Å²) in [4.78, 5) is 60.5. The lowest BCUT2D eigenvalue weighted by atomic mass is 9.84. The molecule has 1 fully saturated rings. The Labute approximate surface area is 393 Å². The average molecular weight is 931 g/mol. The predicted octanol–water partition coefficient (Wildman–Crippen LogP) is 6.41. The summed E-state index contributed by atoms with van der Waals surface area (Å²) in [5, 5.41) is 16.5. The number of nitrogens with one attached hydrogen (secondary N) is 2. The summed E-state index contributed by atoms with van der Waals surface area (Å²) < 4.78 is 14.2. The average Bonchev–Trinajstić information content (AvgIpc) is 3.49. The highest BCUT2D eigenvalue weighted by molar-refractivity contribution is 7.59. The number of phenolic OH excluding ortho intramolecular Hbond substituents is 1. The fourth-order valence-corrected chi connectivity index (χ4v) is 8.48. The van der Waals surface area contributed by atoms with E-state index in [1.54, 1.807) is 32.5 Å². The van der Waals surface area contributed by atoms with Crippen molar-refractivity contribution in [1.82, 2.24) is 30.2 Å². The van der Waals surface area contributed by atoms with Crippen molar-refractivity contribution in [3.8, 4) is 28.1 Å². The number of hydrogen-bond donors (Lipinski definition) is 3. The van der Waals surface area contributed by atoms with E-state index in [0.717, 1.165) is 44.4 Å². The van der Waals surface area contributed by atoms with Gasteiger partial charge in [-0.3, -0.25) is 29.2 Å². The summed E-state index contributed by atoms with van der Waals surface area (Å²) in [6.45, 7) is 14.5. The highest BCUT2D eigenvalue weighted by Crippen LogP contribution is 2.42. The Hall–Kier alpha value is -3.87. The highest BCUT2D eigenvalue weighted by Gasteiger charge is 2.37. The van der Waals surface area contributed by atoms with Crippen LogP contribution in [-0.2, 0) is 48.0 Å². The van der Waals surface area contributed by atoms with Gasteiger partial charge in [0, 0.05) is 74.9 Å². The number of carbonyl (C=O) groups excluding carboxylic acids is 4. The number of methoxy groups -OCH3 is 1. The first-order valence-corrected chi connectivity index (χ1v) is 20.3. The second-order valence-corrected chi connectivity index (χ2v) is 16.9. The number of carbonyl (C=O) groups is 4. The fourth-order valence-electron chi connectivity index (χ4n) is 8.48. The maximum Gasteiger partial charge on any atom is 0.324 e. The molecule has 342 valence electrons. The molecule has 62 heavy (non-hydrogen) atoms. The number of ether oxygens (including phenoxy) is 2. The van der Waals surface area contributed by atoms with Crippen molar-refractivity contribution in [3.05, 3.63) is 71.5 Å². The molecule has 2 aliphatic rings. The van der Waals surface area contributed by atoms with Crippen LogP contribution in [-0.4, -0.2) is 93.7 Å². The second-order valence-electron chi connectivity index (χ2n) is 16.9. The molecule has 6 bridgehead atoms. The molecule has 3 amide bonds. The first-order valence-electron chi connectivity index (χ1n) is 20.3. The molecule has 13 nitrogen and oxygen atoms in total. The van der Waals surface area contributed by atoms with Crippen LogP contribution in [0.4, 0.5) is 0 Å². The number of aromatic nitrogens is 2. The first kappa shape index (κ1) is 54.3. The van der Waals surface area contributed by atoms with Gasteiger partial charge in [0.05, 0.1) is 18.4 Å². The van der Waals surface area contributed by atoms with Gasteiger partial charge in [0.25, 0.3) is 5.91 Å². The largest absolute Gasteiger partial charge is 0.508 e. The van der Waals surface area contributed by atoms with Crippen LogP contribution in [0.15, 0.2) is 54.9 Å². The number of aryl methyl sites for hydroxylation is 1. The van der Waals surface area contributed by atoms with E-state index in [1.165, 1.54) is 16.8 Å². The van der Waals surface area contributed by atoms with Crippen LogP contribution in [0.2, 0.25) is 0 Å². The van der Waals surface area contributed by atoms with Gasteiger partial charge in [0.2, 0.25) is 11.8 Å². The van der Waals surface area contributed by atoms with Crippen molar-refractivity contribution >= 4 is 88.6 Å². The molecular weight excluding hydrogens is 865 g/mol. The van der Waals surface area contributed by atoms with Crippen LogP contribution >= 0.6 is 54.0 Å². The van der Waals surface area contributed by atoms with Gasteiger partial charge in [-0.15, -0.1) is 0 Å². The minimum atomic E-state index is -1.10. The Bertz CT molecular complexity index is 2220. The van der Waals surface area contributed by atoms with Gasteiger partial charge in [0.1, 0.15) is 23.9 Å². The highest BCUT2D eigenvalue weighted by atomic mass is 32.1. The number of hydrogen-bond acceptors (Lipinski definition) is 9. The maximum absolute atomic E-state index is 14.4. The smallest absolute Gasteiger partial charge is 0.324 e. The summed E-state index contributed by atoms with van der Waals surface area (Å²) in [5.74, 6) is -1.90. The van der Waals surface area contributed by atoms with Gasteiger partial charge >= 0.3 is 5.97 Å². The predicted molar refractivity (Wildman–Crippen MR) is 264 cm³/mol. The van der Waals surface area contributed by atoms with Crippen LogP contribution in [0.25, 0.3) is 33.3 Å². The normalized spacial score (nSPS) is 18.4. The number of pyridine rings is 1. The Balaban J connectivity index is 0.00000331. The van der Waals surface area contributed by atoms with Crippen molar-refractivity contribution in [1.29, 1.82) is 0 Å². The molecule has 0 aliphatic carbocycles. The first-order chi connectivity index (χ1) is 27.5. The number of aromatic hydroxyl groups is 1. The third-order valence-corrected chi connectivity index (χ3v) is 11.6. The van der Waals surface area contributed by atoms with Gasteiger partial charge in [-0.1, -0.05) is 39.8 Å². The molecule has 0 saturated carbocycles. The Kier molecular flexibility index (Phi) is 19.8. The quantitative estimate of drug-likeness (QED) is 0.170. The zero-order valence-electron chi connectivity index (χ0n) is 37.2. The topological polar surface area (TPSA) is 155 Å². The van der Waals surface area contributed by atoms with Crippen LogP contribution in [0, 0.1) is 11.3 Å². The SMILES string of the molecule is CCn1c(-c2cnccc2[C@H](C)OC)c2c3cc(ccc31)-c1cc(O)cc(c1)C[C@H](NC(=O)[C@H](C(C)C)N(C)C(C)=O)C(=O)N1CCC[C@H](N1)C(=O)OCC(C)(C)C2.S.S.S.S. The minimum Gasteiger partial charge on any atom is -0.508 e. The molecule has 2 aromatic carbocycles. The van der Waals surface area contributed by atoms with Crippen LogP contribution in [0.3, 0.4) is 0 Å². The van der Waals surface area contributed by atoms with Crippen LogP contribution in [0.5, 0.6) is 5.75 Å². The molecule has 0 spiro atoms. The monoisotopic (exact) mass is 930 g/mol.